The number of hydrogen-bond donors (Lipinski definition) is 1. The van der Waals surface area contributed by atoms with E-state index in [2.05, 4.69) is 0 Å². The lowest BCUT2D eigenvalue weighted by Gasteiger charge is -2.26. The van der Waals surface area contributed by atoms with Gasteiger partial charge in [-0.25, -0.2) is 13.2 Å². The molecule has 5 heteroatoms. The van der Waals surface area contributed by atoms with Gasteiger partial charge in [0.2, 0.25) is 0 Å². The molecule has 1 N–H and O–H groups in total. The zero-order valence-electron chi connectivity index (χ0n) is 9.47. The summed E-state index contributed by atoms with van der Waals surface area (Å²) in [5.41, 5.74) is -1.65. The van der Waals surface area contributed by atoms with Crippen molar-refractivity contribution in [2.75, 3.05) is 0 Å². The Balaban J connectivity index is 3.26. The predicted molar refractivity (Wildman–Crippen MR) is 55.3 cm³/mol. The highest BCUT2D eigenvalue weighted by Gasteiger charge is 2.34. The van der Waals surface area contributed by atoms with Gasteiger partial charge in [0, 0.05) is 11.6 Å². The molecule has 0 aromatic heterocycles. The largest absolute Gasteiger partial charge is 0.387 e. The van der Waals surface area contributed by atoms with Crippen molar-refractivity contribution >= 4 is 0 Å². The lowest BCUT2D eigenvalue weighted by molar-refractivity contribution is 0.0684. The van der Waals surface area contributed by atoms with Crippen LogP contribution in [0.3, 0.4) is 0 Å². The smallest absolute Gasteiger partial charge is 0.161 e. The summed E-state index contributed by atoms with van der Waals surface area (Å²) in [6, 6.07) is 2.80. The zero-order valence-corrected chi connectivity index (χ0v) is 9.47. The SMILES string of the molecule is CCC(C)(C#N)C(O)c1cc(F)c(F)cc1F. The maximum absolute atomic E-state index is 13.4. The van der Waals surface area contributed by atoms with E-state index >= 15 is 0 Å². The van der Waals surface area contributed by atoms with Gasteiger partial charge in [0.15, 0.2) is 11.6 Å². The summed E-state index contributed by atoms with van der Waals surface area (Å²) in [7, 11) is 0. The number of benzene rings is 1. The Kier molecular flexibility index (Phi) is 3.79. The van der Waals surface area contributed by atoms with Crippen molar-refractivity contribution in [3.8, 4) is 6.07 Å². The van der Waals surface area contributed by atoms with Crippen LogP contribution in [-0.4, -0.2) is 5.11 Å². The summed E-state index contributed by atoms with van der Waals surface area (Å²) < 4.78 is 39.1. The molecule has 2 unspecified atom stereocenters. The van der Waals surface area contributed by atoms with E-state index in [-0.39, 0.29) is 6.42 Å². The molecule has 0 aliphatic carbocycles. The molecule has 0 saturated carbocycles. The van der Waals surface area contributed by atoms with Gasteiger partial charge in [0.25, 0.3) is 0 Å². The summed E-state index contributed by atoms with van der Waals surface area (Å²) in [5.74, 6) is -3.64. The van der Waals surface area contributed by atoms with Crippen molar-refractivity contribution in [3.63, 3.8) is 0 Å². The number of nitriles is 1. The molecule has 92 valence electrons. The van der Waals surface area contributed by atoms with Crippen LogP contribution in [0.15, 0.2) is 12.1 Å². The van der Waals surface area contributed by atoms with Crippen LogP contribution in [0.2, 0.25) is 0 Å². The third kappa shape index (κ3) is 2.42. The average Bonchev–Trinajstić information content (AvgIpc) is 2.32. The van der Waals surface area contributed by atoms with Crippen LogP contribution in [0.25, 0.3) is 0 Å². The van der Waals surface area contributed by atoms with Gasteiger partial charge in [-0.15, -0.1) is 0 Å². The van der Waals surface area contributed by atoms with Crippen molar-refractivity contribution in [2.45, 2.75) is 26.4 Å². The van der Waals surface area contributed by atoms with Gasteiger partial charge in [0.1, 0.15) is 11.9 Å². The van der Waals surface area contributed by atoms with Crippen LogP contribution in [0, 0.1) is 34.2 Å². The number of rotatable bonds is 3. The molecule has 1 aromatic carbocycles. The Labute approximate surface area is 97.3 Å². The first kappa shape index (κ1) is 13.5. The van der Waals surface area contributed by atoms with Gasteiger partial charge in [-0.2, -0.15) is 5.26 Å². The number of halogens is 3. The monoisotopic (exact) mass is 243 g/mol. The van der Waals surface area contributed by atoms with E-state index in [0.717, 1.165) is 0 Å². The molecular weight excluding hydrogens is 231 g/mol. The van der Waals surface area contributed by atoms with E-state index in [4.69, 9.17) is 5.26 Å². The molecule has 0 aliphatic rings. The van der Waals surface area contributed by atoms with Crippen molar-refractivity contribution in [3.05, 3.63) is 35.1 Å². The Morgan fingerprint density at radius 1 is 1.29 bits per heavy atom. The third-order valence-corrected chi connectivity index (χ3v) is 2.93. The lowest BCUT2D eigenvalue weighted by Crippen LogP contribution is -2.24. The van der Waals surface area contributed by atoms with Crippen molar-refractivity contribution in [1.29, 1.82) is 5.26 Å². The number of nitrogens with zero attached hydrogens (tertiary/aromatic N) is 1. The minimum absolute atomic E-state index is 0.253. The van der Waals surface area contributed by atoms with Crippen LogP contribution in [0.1, 0.15) is 31.9 Å². The van der Waals surface area contributed by atoms with Crippen LogP contribution in [-0.2, 0) is 0 Å². The summed E-state index contributed by atoms with van der Waals surface area (Å²) in [6.45, 7) is 3.07. The fourth-order valence-electron chi connectivity index (χ4n) is 1.42. The van der Waals surface area contributed by atoms with Gasteiger partial charge in [0.05, 0.1) is 11.5 Å². The van der Waals surface area contributed by atoms with E-state index in [9.17, 15) is 18.3 Å². The van der Waals surface area contributed by atoms with Crippen molar-refractivity contribution < 1.29 is 18.3 Å². The highest BCUT2D eigenvalue weighted by atomic mass is 19.2. The van der Waals surface area contributed by atoms with Crippen LogP contribution >= 0.6 is 0 Å². The molecule has 2 nitrogen and oxygen atoms in total. The number of hydrogen-bond acceptors (Lipinski definition) is 2. The van der Waals surface area contributed by atoms with E-state index < -0.39 is 34.5 Å². The first-order valence-electron chi connectivity index (χ1n) is 5.09. The third-order valence-electron chi connectivity index (χ3n) is 2.93. The van der Waals surface area contributed by atoms with Crippen LogP contribution < -0.4 is 0 Å². The molecule has 0 radical (unpaired) electrons. The van der Waals surface area contributed by atoms with E-state index in [0.29, 0.717) is 12.1 Å². The Bertz CT molecular complexity index is 470. The molecule has 0 fully saturated rings. The molecule has 0 bridgehead atoms. The fraction of sp³-hybridized carbons (Fsp3) is 0.417. The maximum atomic E-state index is 13.4. The first-order chi connectivity index (χ1) is 7.85. The summed E-state index contributed by atoms with van der Waals surface area (Å²) >= 11 is 0. The minimum Gasteiger partial charge on any atom is -0.387 e. The normalized spacial score (nSPS) is 16.1. The molecular formula is C12H12F3NO. The van der Waals surface area contributed by atoms with Gasteiger partial charge >= 0.3 is 0 Å². The highest BCUT2D eigenvalue weighted by Crippen LogP contribution is 2.37. The quantitative estimate of drug-likeness (QED) is 0.829. The molecule has 0 amide bonds. The zero-order chi connectivity index (χ0) is 13.2. The topological polar surface area (TPSA) is 44.0 Å². The Morgan fingerprint density at radius 3 is 2.29 bits per heavy atom. The van der Waals surface area contributed by atoms with Crippen molar-refractivity contribution in [1.82, 2.24) is 0 Å². The second-order valence-corrected chi connectivity index (χ2v) is 4.07. The van der Waals surface area contributed by atoms with Gasteiger partial charge in [-0.1, -0.05) is 6.92 Å². The standard InChI is InChI=1S/C12H12F3NO/c1-3-12(2,6-16)11(17)7-4-9(14)10(15)5-8(7)13/h4-5,11,17H,3H2,1-2H3. The molecule has 0 saturated heterocycles. The van der Waals surface area contributed by atoms with Crippen LogP contribution in [0.4, 0.5) is 13.2 Å². The number of aliphatic hydroxyl groups is 1. The summed E-state index contributed by atoms with van der Waals surface area (Å²) in [5, 5.41) is 18.8. The average molecular weight is 243 g/mol. The molecule has 1 rings (SSSR count). The first-order valence-corrected chi connectivity index (χ1v) is 5.09. The van der Waals surface area contributed by atoms with E-state index in [1.807, 2.05) is 6.07 Å². The van der Waals surface area contributed by atoms with E-state index in [1.165, 1.54) is 6.92 Å². The van der Waals surface area contributed by atoms with Gasteiger partial charge < -0.3 is 5.11 Å². The fourth-order valence-corrected chi connectivity index (χ4v) is 1.42. The Morgan fingerprint density at radius 2 is 1.82 bits per heavy atom. The van der Waals surface area contributed by atoms with Gasteiger partial charge in [-0.3, -0.25) is 0 Å². The molecule has 0 spiro atoms. The second kappa shape index (κ2) is 4.76. The second-order valence-electron chi connectivity index (χ2n) is 4.07. The molecule has 0 heterocycles. The minimum atomic E-state index is -1.51. The highest BCUT2D eigenvalue weighted by molar-refractivity contribution is 5.25. The summed E-state index contributed by atoms with van der Waals surface area (Å²) in [4.78, 5) is 0. The Hall–Kier alpha value is -1.54. The van der Waals surface area contributed by atoms with Gasteiger partial charge in [-0.05, 0) is 19.4 Å². The predicted octanol–water partition coefficient (Wildman–Crippen LogP) is 3.08. The molecule has 2 atom stereocenters. The molecule has 17 heavy (non-hydrogen) atoms. The number of aliphatic hydroxyl groups excluding tert-OH is 1. The van der Waals surface area contributed by atoms with Crippen molar-refractivity contribution in [2.24, 2.45) is 5.41 Å². The van der Waals surface area contributed by atoms with Crippen LogP contribution in [0.5, 0.6) is 0 Å². The lowest BCUT2D eigenvalue weighted by atomic mass is 9.79. The maximum Gasteiger partial charge on any atom is 0.161 e. The van der Waals surface area contributed by atoms with E-state index in [1.54, 1.807) is 6.92 Å². The molecule has 0 aliphatic heterocycles. The summed E-state index contributed by atoms with van der Waals surface area (Å²) in [6.07, 6.45) is -1.25. The molecule has 1 aromatic rings.